The molecule has 36 heavy (non-hydrogen) atoms. The lowest BCUT2D eigenvalue weighted by Crippen LogP contribution is -2.11. The fourth-order valence-corrected chi connectivity index (χ4v) is 4.90. The third kappa shape index (κ3) is 6.23. The zero-order valence-electron chi connectivity index (χ0n) is 20.5. The summed E-state index contributed by atoms with van der Waals surface area (Å²) in [6.45, 7) is 6.34. The van der Waals surface area contributed by atoms with Crippen LogP contribution in [0.15, 0.2) is 78.0 Å². The van der Waals surface area contributed by atoms with E-state index < -0.39 is 5.25 Å². The first-order valence-corrected chi connectivity index (χ1v) is 12.5. The van der Waals surface area contributed by atoms with Crippen LogP contribution >= 0.6 is 11.8 Å². The van der Waals surface area contributed by atoms with Gasteiger partial charge in [-0.15, -0.1) is 10.2 Å². The van der Waals surface area contributed by atoms with Crippen molar-refractivity contribution in [2.75, 3.05) is 13.2 Å². The van der Waals surface area contributed by atoms with E-state index >= 15 is 0 Å². The lowest BCUT2D eigenvalue weighted by molar-refractivity contribution is -0.479. The number of aryl methyl sites for hydroxylation is 2. The molecule has 0 fully saturated rings. The first-order chi connectivity index (χ1) is 17.4. The maximum Gasteiger partial charge on any atom is 0.220 e. The Bertz CT molecular complexity index is 1310. The van der Waals surface area contributed by atoms with E-state index in [4.69, 9.17) is 9.47 Å². The first kappa shape index (κ1) is 25.2. The summed E-state index contributed by atoms with van der Waals surface area (Å²) in [5, 5.41) is 20.2. The molecule has 0 radical (unpaired) electrons. The minimum Gasteiger partial charge on any atom is -0.490 e. The van der Waals surface area contributed by atoms with Gasteiger partial charge in [-0.2, -0.15) is 0 Å². The Morgan fingerprint density at radius 2 is 1.72 bits per heavy atom. The van der Waals surface area contributed by atoms with Gasteiger partial charge in [-0.25, -0.2) is 0 Å². The number of hydrogen-bond donors (Lipinski definition) is 0. The Balaban J connectivity index is 1.62. The molecule has 3 aromatic carbocycles. The van der Waals surface area contributed by atoms with Crippen LogP contribution in [0.3, 0.4) is 0 Å². The molecule has 0 amide bonds. The van der Waals surface area contributed by atoms with E-state index in [0.29, 0.717) is 35.7 Å². The van der Waals surface area contributed by atoms with E-state index in [1.807, 2.05) is 98.1 Å². The Labute approximate surface area is 214 Å². The number of benzene rings is 3. The van der Waals surface area contributed by atoms with Crippen LogP contribution in [0.4, 0.5) is 0 Å². The summed E-state index contributed by atoms with van der Waals surface area (Å²) in [6, 6.07) is 23.4. The quantitative estimate of drug-likeness (QED) is 0.141. The van der Waals surface area contributed by atoms with E-state index in [9.17, 15) is 10.1 Å². The molecule has 0 aliphatic heterocycles. The molecule has 0 saturated heterocycles. The maximum atomic E-state index is 11.6. The summed E-state index contributed by atoms with van der Waals surface area (Å²) in [4.78, 5) is 11.3. The number of nitro groups is 1. The van der Waals surface area contributed by atoms with Crippen LogP contribution in [0.25, 0.3) is 5.69 Å². The molecular weight excluding hydrogens is 476 g/mol. The van der Waals surface area contributed by atoms with Crippen molar-refractivity contribution < 1.29 is 14.4 Å². The lowest BCUT2D eigenvalue weighted by Gasteiger charge is -2.17. The van der Waals surface area contributed by atoms with Gasteiger partial charge >= 0.3 is 0 Å². The highest BCUT2D eigenvalue weighted by Gasteiger charge is 2.25. The second-order valence-corrected chi connectivity index (χ2v) is 9.41. The molecule has 0 unspecified atom stereocenters. The average Bonchev–Trinajstić information content (AvgIpc) is 3.23. The maximum absolute atomic E-state index is 11.6. The highest BCUT2D eigenvalue weighted by atomic mass is 32.2. The standard InChI is InChI=1S/C27H28N4O4S/c1-4-34-25-16-22(12-15-24(25)35-18-21-8-6-5-7-9-21)26(17-30(32)33)36-27-29-28-20(3)31(27)23-13-10-19(2)11-14-23/h5-16,26H,4,17-18H2,1-3H3/t26-/m1/s1. The van der Waals surface area contributed by atoms with Crippen molar-refractivity contribution in [2.45, 2.75) is 37.8 Å². The van der Waals surface area contributed by atoms with Gasteiger partial charge in [-0.05, 0) is 56.2 Å². The number of hydrogen-bond acceptors (Lipinski definition) is 7. The Morgan fingerprint density at radius 3 is 2.42 bits per heavy atom. The van der Waals surface area contributed by atoms with Gasteiger partial charge in [0.15, 0.2) is 16.7 Å². The summed E-state index contributed by atoms with van der Waals surface area (Å²) >= 11 is 1.31. The monoisotopic (exact) mass is 504 g/mol. The minimum atomic E-state index is -0.504. The predicted molar refractivity (Wildman–Crippen MR) is 140 cm³/mol. The SMILES string of the molecule is CCOc1cc([C@@H](C[N+](=O)[O-])Sc2nnc(C)n2-c2ccc(C)cc2)ccc1OCc1ccccc1. The second kappa shape index (κ2) is 11.7. The molecule has 8 nitrogen and oxygen atoms in total. The number of ether oxygens (including phenoxy) is 2. The van der Waals surface area contributed by atoms with Crippen LogP contribution in [0, 0.1) is 24.0 Å². The molecule has 4 aromatic rings. The van der Waals surface area contributed by atoms with Gasteiger partial charge < -0.3 is 9.47 Å². The van der Waals surface area contributed by atoms with Crippen LogP contribution in [0.2, 0.25) is 0 Å². The van der Waals surface area contributed by atoms with Gasteiger partial charge in [0.05, 0.1) is 6.61 Å². The molecular formula is C27H28N4O4S. The van der Waals surface area contributed by atoms with Gasteiger partial charge in [0.2, 0.25) is 6.54 Å². The lowest BCUT2D eigenvalue weighted by atomic mass is 10.1. The summed E-state index contributed by atoms with van der Waals surface area (Å²) < 4.78 is 13.8. The summed E-state index contributed by atoms with van der Waals surface area (Å²) in [6.07, 6.45) is 0. The molecule has 1 atom stereocenters. The normalized spacial score (nSPS) is 11.8. The molecule has 0 spiro atoms. The van der Waals surface area contributed by atoms with Crippen molar-refractivity contribution >= 4 is 11.8 Å². The average molecular weight is 505 g/mol. The first-order valence-electron chi connectivity index (χ1n) is 11.7. The smallest absolute Gasteiger partial charge is 0.220 e. The third-order valence-corrected chi connectivity index (χ3v) is 6.71. The van der Waals surface area contributed by atoms with Crippen LogP contribution in [0.1, 0.15) is 34.7 Å². The number of thioether (sulfide) groups is 1. The molecule has 1 heterocycles. The topological polar surface area (TPSA) is 92.3 Å². The highest BCUT2D eigenvalue weighted by molar-refractivity contribution is 7.99. The Morgan fingerprint density at radius 1 is 0.972 bits per heavy atom. The molecule has 1 aromatic heterocycles. The number of nitrogens with zero attached hydrogens (tertiary/aromatic N) is 4. The fraction of sp³-hybridized carbons (Fsp3) is 0.259. The van der Waals surface area contributed by atoms with E-state index in [-0.39, 0.29) is 11.5 Å². The van der Waals surface area contributed by atoms with Crippen molar-refractivity contribution in [3.8, 4) is 17.2 Å². The van der Waals surface area contributed by atoms with Crippen molar-refractivity contribution in [3.05, 3.63) is 105 Å². The van der Waals surface area contributed by atoms with E-state index in [0.717, 1.165) is 22.4 Å². The molecule has 0 aliphatic rings. The molecule has 9 heteroatoms. The summed E-state index contributed by atoms with van der Waals surface area (Å²) in [5.41, 5.74) is 3.84. The van der Waals surface area contributed by atoms with Gasteiger partial charge in [-0.3, -0.25) is 14.7 Å². The fourth-order valence-electron chi connectivity index (χ4n) is 3.73. The second-order valence-electron chi connectivity index (χ2n) is 8.24. The van der Waals surface area contributed by atoms with Crippen LogP contribution in [-0.4, -0.2) is 32.8 Å². The van der Waals surface area contributed by atoms with Crippen molar-refractivity contribution in [3.63, 3.8) is 0 Å². The van der Waals surface area contributed by atoms with Gasteiger partial charge in [0.1, 0.15) is 17.7 Å². The molecule has 0 N–H and O–H groups in total. The van der Waals surface area contributed by atoms with Crippen molar-refractivity contribution in [1.29, 1.82) is 0 Å². The van der Waals surface area contributed by atoms with Crippen molar-refractivity contribution in [2.24, 2.45) is 0 Å². The largest absolute Gasteiger partial charge is 0.490 e. The van der Waals surface area contributed by atoms with Gasteiger partial charge in [0, 0.05) is 10.6 Å². The van der Waals surface area contributed by atoms with Crippen LogP contribution < -0.4 is 9.47 Å². The van der Waals surface area contributed by atoms with Crippen LogP contribution in [0.5, 0.6) is 11.5 Å². The van der Waals surface area contributed by atoms with Crippen molar-refractivity contribution in [1.82, 2.24) is 14.8 Å². The van der Waals surface area contributed by atoms with E-state index in [2.05, 4.69) is 10.2 Å². The molecule has 186 valence electrons. The number of rotatable bonds is 11. The van der Waals surface area contributed by atoms with E-state index in [1.54, 1.807) is 0 Å². The molecule has 0 aliphatic carbocycles. The summed E-state index contributed by atoms with van der Waals surface area (Å²) in [5.74, 6) is 1.85. The zero-order chi connectivity index (χ0) is 25.5. The van der Waals surface area contributed by atoms with Gasteiger partial charge in [-0.1, -0.05) is 65.9 Å². The van der Waals surface area contributed by atoms with E-state index in [1.165, 1.54) is 11.8 Å². The van der Waals surface area contributed by atoms with Crippen LogP contribution in [-0.2, 0) is 6.61 Å². The molecule has 0 saturated carbocycles. The Hall–Kier alpha value is -3.85. The predicted octanol–water partition coefficient (Wildman–Crippen LogP) is 5.97. The third-order valence-electron chi connectivity index (χ3n) is 5.53. The highest BCUT2D eigenvalue weighted by Crippen LogP contribution is 2.39. The minimum absolute atomic E-state index is 0.278. The zero-order valence-corrected chi connectivity index (χ0v) is 21.3. The van der Waals surface area contributed by atoms with Gasteiger partial charge in [0.25, 0.3) is 0 Å². The molecule has 0 bridgehead atoms. The summed E-state index contributed by atoms with van der Waals surface area (Å²) in [7, 11) is 0. The number of aromatic nitrogens is 3. The molecule has 4 rings (SSSR count). The Kier molecular flexibility index (Phi) is 8.22.